The summed E-state index contributed by atoms with van der Waals surface area (Å²) in [4.78, 5) is 12.6. The summed E-state index contributed by atoms with van der Waals surface area (Å²) in [5.41, 5.74) is 1.72. The lowest BCUT2D eigenvalue weighted by Crippen LogP contribution is -2.01. The number of hydrogen-bond acceptors (Lipinski definition) is 3. The van der Waals surface area contributed by atoms with Crippen molar-refractivity contribution in [3.05, 3.63) is 65.7 Å². The van der Waals surface area contributed by atoms with Gasteiger partial charge in [-0.3, -0.25) is 0 Å². The van der Waals surface area contributed by atoms with Crippen molar-refractivity contribution in [3.63, 3.8) is 0 Å². The third kappa shape index (κ3) is 3.37. The van der Waals surface area contributed by atoms with E-state index >= 15 is 0 Å². The Morgan fingerprint density at radius 1 is 1.11 bits per heavy atom. The number of rotatable bonds is 4. The fraction of sp³-hybridized carbons (Fsp3) is 0.133. The van der Waals surface area contributed by atoms with Crippen LogP contribution in [0.4, 0.5) is 0 Å². The largest absolute Gasteiger partial charge is 0.465 e. The molecule has 92 valence electrons. The average Bonchev–Trinajstić information content (AvgIpc) is 2.45. The van der Waals surface area contributed by atoms with Crippen LogP contribution in [0.5, 0.6) is 0 Å². The van der Waals surface area contributed by atoms with Gasteiger partial charge in [-0.05, 0) is 29.8 Å². The van der Waals surface area contributed by atoms with Crippen molar-refractivity contribution in [2.45, 2.75) is 10.6 Å². The molecule has 18 heavy (non-hydrogen) atoms. The highest BCUT2D eigenvalue weighted by Crippen LogP contribution is 2.22. The molecule has 2 aromatic rings. The Bertz CT molecular complexity index is 523. The Hall–Kier alpha value is -1.74. The highest BCUT2D eigenvalue weighted by atomic mass is 32.2. The molecule has 0 atom stereocenters. The minimum absolute atomic E-state index is 0.290. The van der Waals surface area contributed by atoms with Crippen LogP contribution < -0.4 is 0 Å². The zero-order chi connectivity index (χ0) is 12.8. The molecule has 0 aliphatic heterocycles. The van der Waals surface area contributed by atoms with Gasteiger partial charge in [0.1, 0.15) is 0 Å². The van der Waals surface area contributed by atoms with Crippen LogP contribution in [0.25, 0.3) is 0 Å². The molecule has 2 rings (SSSR count). The van der Waals surface area contributed by atoms with Crippen molar-refractivity contribution in [1.29, 1.82) is 0 Å². The van der Waals surface area contributed by atoms with E-state index in [1.165, 1.54) is 12.0 Å². The smallest absolute Gasteiger partial charge is 0.337 e. The molecule has 0 N–H and O–H groups in total. The summed E-state index contributed by atoms with van der Waals surface area (Å²) in [6, 6.07) is 17.7. The van der Waals surface area contributed by atoms with Gasteiger partial charge in [0.15, 0.2) is 0 Å². The summed E-state index contributed by atoms with van der Waals surface area (Å²) in [7, 11) is 1.40. The van der Waals surface area contributed by atoms with Gasteiger partial charge < -0.3 is 4.74 Å². The first-order valence-electron chi connectivity index (χ1n) is 5.64. The molecule has 0 saturated heterocycles. The lowest BCUT2D eigenvalue weighted by molar-refractivity contribution is 0.0600. The molecule has 0 aliphatic rings. The van der Waals surface area contributed by atoms with Crippen LogP contribution >= 0.6 is 11.8 Å². The first kappa shape index (κ1) is 12.7. The Morgan fingerprint density at radius 2 is 1.89 bits per heavy atom. The number of carbonyl (C=O) groups excluding carboxylic acids is 1. The number of esters is 1. The first-order chi connectivity index (χ1) is 8.79. The van der Waals surface area contributed by atoms with Crippen molar-refractivity contribution in [1.82, 2.24) is 0 Å². The number of hydrogen-bond donors (Lipinski definition) is 0. The SMILES string of the molecule is COC(=O)c1cccc(CSc2ccccc2)c1. The van der Waals surface area contributed by atoms with Gasteiger partial charge in [-0.15, -0.1) is 11.8 Å². The normalized spacial score (nSPS) is 10.1. The zero-order valence-electron chi connectivity index (χ0n) is 10.1. The maximum atomic E-state index is 11.4. The second-order valence-corrected chi connectivity index (χ2v) is 4.84. The van der Waals surface area contributed by atoms with Gasteiger partial charge in [-0.2, -0.15) is 0 Å². The number of benzene rings is 2. The summed E-state index contributed by atoms with van der Waals surface area (Å²) >= 11 is 1.75. The molecule has 0 unspecified atom stereocenters. The van der Waals surface area contributed by atoms with Crippen molar-refractivity contribution in [3.8, 4) is 0 Å². The fourth-order valence-electron chi connectivity index (χ4n) is 1.59. The second kappa shape index (κ2) is 6.26. The summed E-state index contributed by atoms with van der Waals surface area (Å²) in [5, 5.41) is 0. The minimum atomic E-state index is -0.290. The van der Waals surface area contributed by atoms with Gasteiger partial charge in [0.2, 0.25) is 0 Å². The van der Waals surface area contributed by atoms with E-state index in [1.54, 1.807) is 17.8 Å². The molecule has 0 radical (unpaired) electrons. The molecule has 0 aromatic heterocycles. The summed E-state index contributed by atoms with van der Waals surface area (Å²) in [5.74, 6) is 0.552. The van der Waals surface area contributed by atoms with Gasteiger partial charge >= 0.3 is 5.97 Å². The third-order valence-electron chi connectivity index (χ3n) is 2.50. The molecule has 2 nitrogen and oxygen atoms in total. The molecule has 0 spiro atoms. The van der Waals surface area contributed by atoms with Gasteiger partial charge in [-0.1, -0.05) is 30.3 Å². The quantitative estimate of drug-likeness (QED) is 0.617. The summed E-state index contributed by atoms with van der Waals surface area (Å²) < 4.78 is 4.71. The van der Waals surface area contributed by atoms with Crippen LogP contribution in [0.1, 0.15) is 15.9 Å². The van der Waals surface area contributed by atoms with E-state index in [4.69, 9.17) is 4.74 Å². The van der Waals surface area contributed by atoms with Gasteiger partial charge in [0, 0.05) is 10.6 Å². The summed E-state index contributed by atoms with van der Waals surface area (Å²) in [6.45, 7) is 0. The molecule has 0 heterocycles. The van der Waals surface area contributed by atoms with Crippen LogP contribution in [0, 0.1) is 0 Å². The van der Waals surface area contributed by atoms with E-state index in [-0.39, 0.29) is 5.97 Å². The Kier molecular flexibility index (Phi) is 4.42. The van der Waals surface area contributed by atoms with Crippen LogP contribution in [0.15, 0.2) is 59.5 Å². The highest BCUT2D eigenvalue weighted by Gasteiger charge is 2.05. The first-order valence-corrected chi connectivity index (χ1v) is 6.63. The molecule has 0 saturated carbocycles. The van der Waals surface area contributed by atoms with Crippen LogP contribution in [-0.4, -0.2) is 13.1 Å². The minimum Gasteiger partial charge on any atom is -0.465 e. The zero-order valence-corrected chi connectivity index (χ0v) is 10.9. The number of carbonyl (C=O) groups is 1. The molecular weight excluding hydrogens is 244 g/mol. The monoisotopic (exact) mass is 258 g/mol. The van der Waals surface area contributed by atoms with Crippen LogP contribution in [0.2, 0.25) is 0 Å². The standard InChI is InChI=1S/C15H14O2S/c1-17-15(16)13-7-5-6-12(10-13)11-18-14-8-3-2-4-9-14/h2-10H,11H2,1H3. The fourth-order valence-corrected chi connectivity index (χ4v) is 2.45. The van der Waals surface area contributed by atoms with E-state index in [0.29, 0.717) is 5.56 Å². The Morgan fingerprint density at radius 3 is 2.61 bits per heavy atom. The van der Waals surface area contributed by atoms with Crippen molar-refractivity contribution < 1.29 is 9.53 Å². The van der Waals surface area contributed by atoms with Crippen molar-refractivity contribution in [2.75, 3.05) is 7.11 Å². The molecule has 0 bridgehead atoms. The van der Waals surface area contributed by atoms with E-state index in [9.17, 15) is 4.79 Å². The van der Waals surface area contributed by atoms with Crippen LogP contribution in [0.3, 0.4) is 0 Å². The maximum Gasteiger partial charge on any atom is 0.337 e. The Balaban J connectivity index is 2.04. The van der Waals surface area contributed by atoms with Crippen molar-refractivity contribution >= 4 is 17.7 Å². The number of methoxy groups -OCH3 is 1. The predicted molar refractivity (Wildman–Crippen MR) is 73.8 cm³/mol. The molecular formula is C15H14O2S. The highest BCUT2D eigenvalue weighted by molar-refractivity contribution is 7.98. The van der Waals surface area contributed by atoms with Gasteiger partial charge in [0.05, 0.1) is 12.7 Å². The summed E-state index contributed by atoms with van der Waals surface area (Å²) in [6.07, 6.45) is 0. The topological polar surface area (TPSA) is 26.3 Å². The maximum absolute atomic E-state index is 11.4. The molecule has 3 heteroatoms. The molecule has 2 aromatic carbocycles. The van der Waals surface area contributed by atoms with Crippen molar-refractivity contribution in [2.24, 2.45) is 0 Å². The lowest BCUT2D eigenvalue weighted by Gasteiger charge is -2.04. The van der Waals surface area contributed by atoms with E-state index in [1.807, 2.05) is 36.4 Å². The number of thioether (sulfide) groups is 1. The average molecular weight is 258 g/mol. The Labute approximate surface area is 111 Å². The third-order valence-corrected chi connectivity index (χ3v) is 3.58. The molecule has 0 fully saturated rings. The predicted octanol–water partition coefficient (Wildman–Crippen LogP) is 3.77. The van der Waals surface area contributed by atoms with E-state index in [2.05, 4.69) is 12.1 Å². The number of ether oxygens (including phenoxy) is 1. The molecule has 0 aliphatic carbocycles. The van der Waals surface area contributed by atoms with E-state index < -0.39 is 0 Å². The van der Waals surface area contributed by atoms with Crippen LogP contribution in [-0.2, 0) is 10.5 Å². The lowest BCUT2D eigenvalue weighted by atomic mass is 10.1. The molecule has 0 amide bonds. The second-order valence-electron chi connectivity index (χ2n) is 3.79. The van der Waals surface area contributed by atoms with E-state index in [0.717, 1.165) is 11.3 Å². The van der Waals surface area contributed by atoms with Gasteiger partial charge in [0.25, 0.3) is 0 Å². The van der Waals surface area contributed by atoms with Gasteiger partial charge in [-0.25, -0.2) is 4.79 Å².